The molecule has 0 aliphatic carbocycles. The number of nitrogens with one attached hydrogen (secondary N) is 1. The highest BCUT2D eigenvalue weighted by atomic mass is 32.1. The average molecular weight is 390 g/mol. The minimum absolute atomic E-state index is 0.0234. The van der Waals surface area contributed by atoms with Crippen LogP contribution in [0.15, 0.2) is 29.6 Å². The van der Waals surface area contributed by atoms with Gasteiger partial charge in [0.15, 0.2) is 11.7 Å². The summed E-state index contributed by atoms with van der Waals surface area (Å²) in [6.07, 6.45) is 1.33. The van der Waals surface area contributed by atoms with Gasteiger partial charge in [-0.25, -0.2) is 4.98 Å². The maximum absolute atomic E-state index is 12.2. The lowest BCUT2D eigenvalue weighted by molar-refractivity contribution is -0.118. The molecule has 146 valence electrons. The molecule has 1 N–H and O–H groups in total. The van der Waals surface area contributed by atoms with Gasteiger partial charge in [0.05, 0.1) is 17.9 Å². The number of carbonyl (C=O) groups excluding carboxylic acids is 1. The summed E-state index contributed by atoms with van der Waals surface area (Å²) >= 11 is 1.44. The van der Waals surface area contributed by atoms with Crippen molar-refractivity contribution in [3.05, 3.63) is 40.9 Å². The number of thiazole rings is 1. The van der Waals surface area contributed by atoms with Gasteiger partial charge in [0.2, 0.25) is 0 Å². The van der Waals surface area contributed by atoms with Crippen molar-refractivity contribution in [1.29, 1.82) is 0 Å². The normalized spacial score (nSPS) is 20.4. The Hall–Kier alpha value is -1.96. The number of aromatic nitrogens is 1. The highest BCUT2D eigenvalue weighted by Gasteiger charge is 2.22. The molecule has 1 aliphatic heterocycles. The second-order valence-electron chi connectivity index (χ2n) is 6.89. The lowest BCUT2D eigenvalue weighted by Gasteiger charge is -2.34. The summed E-state index contributed by atoms with van der Waals surface area (Å²) < 4.78 is 11.4. The van der Waals surface area contributed by atoms with Crippen LogP contribution in [0.5, 0.6) is 5.75 Å². The van der Waals surface area contributed by atoms with Crippen molar-refractivity contribution in [2.24, 2.45) is 0 Å². The first kappa shape index (κ1) is 19.8. The average Bonchev–Trinajstić information content (AvgIpc) is 3.06. The molecule has 1 amide bonds. The Morgan fingerprint density at radius 3 is 2.81 bits per heavy atom. The van der Waals surface area contributed by atoms with Gasteiger partial charge in [0, 0.05) is 25.0 Å². The van der Waals surface area contributed by atoms with Crippen molar-refractivity contribution in [3.63, 3.8) is 0 Å². The fraction of sp³-hybridized carbons (Fsp3) is 0.500. The minimum Gasteiger partial charge on any atom is -0.483 e. The van der Waals surface area contributed by atoms with Crippen LogP contribution in [0.1, 0.15) is 32.0 Å². The summed E-state index contributed by atoms with van der Waals surface area (Å²) in [5.74, 6) is 0.556. The van der Waals surface area contributed by atoms with Crippen LogP contribution in [0.25, 0.3) is 0 Å². The molecule has 1 fully saturated rings. The first-order chi connectivity index (χ1) is 13.0. The highest BCUT2D eigenvalue weighted by molar-refractivity contribution is 7.13. The van der Waals surface area contributed by atoms with Crippen molar-refractivity contribution in [2.75, 3.05) is 25.0 Å². The number of ether oxygens (including phenoxy) is 2. The second-order valence-corrected chi connectivity index (χ2v) is 7.75. The van der Waals surface area contributed by atoms with Gasteiger partial charge in [0.1, 0.15) is 5.75 Å². The van der Waals surface area contributed by atoms with E-state index in [2.05, 4.69) is 36.0 Å². The Kier molecular flexibility index (Phi) is 6.82. The summed E-state index contributed by atoms with van der Waals surface area (Å²) in [5.41, 5.74) is 2.06. The van der Waals surface area contributed by atoms with Gasteiger partial charge in [-0.2, -0.15) is 0 Å². The minimum atomic E-state index is -0.199. The number of amides is 1. The molecule has 2 atom stereocenters. The van der Waals surface area contributed by atoms with Gasteiger partial charge in [-0.3, -0.25) is 15.0 Å². The molecular weight excluding hydrogens is 362 g/mol. The van der Waals surface area contributed by atoms with Crippen molar-refractivity contribution in [3.8, 4) is 5.75 Å². The van der Waals surface area contributed by atoms with Crippen LogP contribution in [0.4, 0.5) is 5.13 Å². The van der Waals surface area contributed by atoms with Crippen molar-refractivity contribution in [1.82, 2.24) is 9.88 Å². The highest BCUT2D eigenvalue weighted by Crippen LogP contribution is 2.20. The zero-order valence-electron chi connectivity index (χ0n) is 16.1. The summed E-state index contributed by atoms with van der Waals surface area (Å²) in [6.45, 7) is 8.78. The monoisotopic (exact) mass is 389 g/mol. The van der Waals surface area contributed by atoms with Gasteiger partial charge in [-0.15, -0.1) is 11.3 Å². The molecule has 1 aromatic carbocycles. The molecule has 2 unspecified atom stereocenters. The summed E-state index contributed by atoms with van der Waals surface area (Å²) in [5, 5.41) is 5.43. The van der Waals surface area contributed by atoms with Gasteiger partial charge in [0.25, 0.3) is 5.91 Å². The second kappa shape index (κ2) is 9.30. The summed E-state index contributed by atoms with van der Waals surface area (Å²) in [6, 6.07) is 7.78. The topological polar surface area (TPSA) is 63.7 Å². The molecule has 2 aromatic rings. The number of para-hydroxylation sites is 1. The number of hydrogen-bond acceptors (Lipinski definition) is 6. The van der Waals surface area contributed by atoms with Crippen LogP contribution in [0.2, 0.25) is 0 Å². The zero-order chi connectivity index (χ0) is 19.2. The zero-order valence-corrected chi connectivity index (χ0v) is 16.9. The molecule has 27 heavy (non-hydrogen) atoms. The van der Waals surface area contributed by atoms with E-state index in [0.717, 1.165) is 43.1 Å². The number of morpholine rings is 1. The predicted octanol–water partition coefficient (Wildman–Crippen LogP) is 3.33. The maximum atomic E-state index is 12.2. The quantitative estimate of drug-likeness (QED) is 0.787. The Morgan fingerprint density at radius 1 is 1.33 bits per heavy atom. The molecule has 0 saturated carbocycles. The first-order valence-corrected chi connectivity index (χ1v) is 10.2. The Balaban J connectivity index is 1.49. The van der Waals surface area contributed by atoms with Crippen LogP contribution < -0.4 is 10.1 Å². The summed E-state index contributed by atoms with van der Waals surface area (Å²) in [7, 11) is 0. The third-order valence-corrected chi connectivity index (χ3v) is 5.20. The molecule has 2 heterocycles. The van der Waals surface area contributed by atoms with Crippen molar-refractivity contribution in [2.45, 2.75) is 45.9 Å². The molecule has 3 rings (SSSR count). The molecule has 7 heteroatoms. The predicted molar refractivity (Wildman–Crippen MR) is 107 cm³/mol. The Morgan fingerprint density at radius 2 is 2.07 bits per heavy atom. The first-order valence-electron chi connectivity index (χ1n) is 9.36. The van der Waals surface area contributed by atoms with Crippen LogP contribution in [0, 0.1) is 0 Å². The smallest absolute Gasteiger partial charge is 0.264 e. The van der Waals surface area contributed by atoms with E-state index in [9.17, 15) is 4.79 Å². The largest absolute Gasteiger partial charge is 0.483 e. The number of anilines is 1. The molecule has 0 bridgehead atoms. The molecule has 1 saturated heterocycles. The molecule has 6 nitrogen and oxygen atoms in total. The molecule has 1 aromatic heterocycles. The lowest BCUT2D eigenvalue weighted by atomic mass is 10.1. The van der Waals surface area contributed by atoms with E-state index in [0.29, 0.717) is 5.13 Å². The van der Waals surface area contributed by atoms with Gasteiger partial charge in [-0.05, 0) is 31.9 Å². The van der Waals surface area contributed by atoms with E-state index >= 15 is 0 Å². The maximum Gasteiger partial charge on any atom is 0.264 e. The molecule has 0 radical (unpaired) electrons. The third-order valence-electron chi connectivity index (χ3n) is 4.39. The Labute approximate surface area is 164 Å². The van der Waals surface area contributed by atoms with Gasteiger partial charge >= 0.3 is 0 Å². The summed E-state index contributed by atoms with van der Waals surface area (Å²) in [4.78, 5) is 19.0. The van der Waals surface area contributed by atoms with Crippen LogP contribution in [-0.4, -0.2) is 47.7 Å². The lowest BCUT2D eigenvalue weighted by Crippen LogP contribution is -2.44. The number of aryl methyl sites for hydroxylation is 1. The SMILES string of the molecule is CCc1ccccc1OCC(=O)Nc1nc(CN2CC(C)OC(C)C2)cs1. The number of rotatable bonds is 7. The van der Waals surface area contributed by atoms with E-state index in [1.165, 1.54) is 11.3 Å². The standard InChI is InChI=1S/C20H27N3O3S/c1-4-16-7-5-6-8-18(16)25-12-19(24)22-20-21-17(13-27-20)11-23-9-14(2)26-15(3)10-23/h5-8,13-15H,4,9-12H2,1-3H3,(H,21,22,24). The third kappa shape index (κ3) is 5.76. The van der Waals surface area contributed by atoms with E-state index < -0.39 is 0 Å². The van der Waals surface area contributed by atoms with Crippen LogP contribution >= 0.6 is 11.3 Å². The van der Waals surface area contributed by atoms with E-state index in [-0.39, 0.29) is 24.7 Å². The van der Waals surface area contributed by atoms with Crippen LogP contribution in [0.3, 0.4) is 0 Å². The van der Waals surface area contributed by atoms with E-state index in [1.54, 1.807) is 0 Å². The number of benzene rings is 1. The van der Waals surface area contributed by atoms with E-state index in [4.69, 9.17) is 9.47 Å². The van der Waals surface area contributed by atoms with E-state index in [1.807, 2.05) is 29.6 Å². The van der Waals surface area contributed by atoms with Crippen molar-refractivity contribution >= 4 is 22.4 Å². The van der Waals surface area contributed by atoms with Gasteiger partial charge in [-0.1, -0.05) is 25.1 Å². The number of carbonyl (C=O) groups is 1. The Bertz CT molecular complexity index is 754. The number of hydrogen-bond donors (Lipinski definition) is 1. The molecule has 1 aliphatic rings. The number of nitrogens with zero attached hydrogens (tertiary/aromatic N) is 2. The van der Waals surface area contributed by atoms with Gasteiger partial charge < -0.3 is 9.47 Å². The van der Waals surface area contributed by atoms with Crippen molar-refractivity contribution < 1.29 is 14.3 Å². The fourth-order valence-corrected chi connectivity index (χ4v) is 4.03. The van der Waals surface area contributed by atoms with Crippen LogP contribution in [-0.2, 0) is 22.5 Å². The fourth-order valence-electron chi connectivity index (χ4n) is 3.31. The molecule has 0 spiro atoms. The molecular formula is C20H27N3O3S.